The number of rotatable bonds is 9. The zero-order valence-corrected chi connectivity index (χ0v) is 20.6. The highest BCUT2D eigenvalue weighted by Crippen LogP contribution is 2.32. The fraction of sp³-hybridized carbons (Fsp3) is 0.500. The van der Waals surface area contributed by atoms with Crippen LogP contribution in [-0.2, 0) is 22.7 Å². The van der Waals surface area contributed by atoms with Gasteiger partial charge in [0, 0.05) is 12.6 Å². The second-order valence-electron chi connectivity index (χ2n) is 8.31. The second-order valence-corrected chi connectivity index (χ2v) is 9.13. The van der Waals surface area contributed by atoms with Gasteiger partial charge in [-0.25, -0.2) is 0 Å². The molecule has 35 heavy (non-hydrogen) atoms. The van der Waals surface area contributed by atoms with Gasteiger partial charge >= 0.3 is 12.3 Å². The zero-order chi connectivity index (χ0) is 25.6. The smallest absolute Gasteiger partial charge is 0.487 e. The van der Waals surface area contributed by atoms with Crippen molar-refractivity contribution in [3.63, 3.8) is 0 Å². The molecule has 0 spiro atoms. The molecule has 0 atom stereocenters. The first-order chi connectivity index (χ1) is 16.6. The molecule has 1 fully saturated rings. The molecule has 1 aromatic heterocycles. The lowest BCUT2D eigenvalue weighted by atomic mass is 9.80. The Labute approximate surface area is 210 Å². The highest BCUT2D eigenvalue weighted by Gasteiger charge is 2.31. The maximum atomic E-state index is 12.8. The van der Waals surface area contributed by atoms with Crippen molar-refractivity contribution in [2.45, 2.75) is 58.5 Å². The predicted molar refractivity (Wildman–Crippen MR) is 125 cm³/mol. The summed E-state index contributed by atoms with van der Waals surface area (Å²) in [6.07, 6.45) is -1.00. The summed E-state index contributed by atoms with van der Waals surface area (Å²) < 4.78 is 53.6. The molecular formula is C24H26Cl2F3NO5. The number of pyridine rings is 1. The van der Waals surface area contributed by atoms with Gasteiger partial charge in [0.1, 0.15) is 23.1 Å². The highest BCUT2D eigenvalue weighted by atomic mass is 35.5. The minimum Gasteiger partial charge on any atom is -0.487 e. The van der Waals surface area contributed by atoms with E-state index in [0.29, 0.717) is 31.2 Å². The molecule has 0 N–H and O–H groups in total. The van der Waals surface area contributed by atoms with Gasteiger partial charge in [-0.15, -0.1) is 13.2 Å². The van der Waals surface area contributed by atoms with Crippen LogP contribution in [0, 0.1) is 11.8 Å². The van der Waals surface area contributed by atoms with Crippen molar-refractivity contribution in [3.8, 4) is 11.5 Å². The van der Waals surface area contributed by atoms with E-state index < -0.39 is 17.7 Å². The Kier molecular flexibility index (Phi) is 9.35. The van der Waals surface area contributed by atoms with E-state index in [4.69, 9.17) is 32.7 Å². The fourth-order valence-electron chi connectivity index (χ4n) is 4.19. The molecule has 0 radical (unpaired) electrons. The molecule has 1 aliphatic rings. The number of aromatic nitrogens is 1. The average molecular weight is 536 g/mol. The molecule has 3 rings (SSSR count). The summed E-state index contributed by atoms with van der Waals surface area (Å²) in [7, 11) is 0. The third kappa shape index (κ3) is 7.80. The third-order valence-corrected chi connectivity index (χ3v) is 6.54. The van der Waals surface area contributed by atoms with E-state index >= 15 is 0 Å². The molecule has 0 bridgehead atoms. The third-order valence-electron chi connectivity index (χ3n) is 5.95. The van der Waals surface area contributed by atoms with Gasteiger partial charge in [0.25, 0.3) is 5.56 Å². The monoisotopic (exact) mass is 535 g/mol. The van der Waals surface area contributed by atoms with Crippen molar-refractivity contribution < 1.29 is 32.2 Å². The normalized spacial score (nSPS) is 18.2. The highest BCUT2D eigenvalue weighted by molar-refractivity contribution is 6.34. The Balaban J connectivity index is 1.67. The van der Waals surface area contributed by atoms with E-state index in [0.717, 1.165) is 37.8 Å². The summed E-state index contributed by atoms with van der Waals surface area (Å²) in [4.78, 5) is 24.7. The Morgan fingerprint density at radius 3 is 2.43 bits per heavy atom. The van der Waals surface area contributed by atoms with Crippen LogP contribution in [0.1, 0.15) is 44.7 Å². The van der Waals surface area contributed by atoms with E-state index in [2.05, 4.69) is 4.74 Å². The lowest BCUT2D eigenvalue weighted by Crippen LogP contribution is -2.28. The maximum absolute atomic E-state index is 12.8. The quantitative estimate of drug-likeness (QED) is 0.348. The van der Waals surface area contributed by atoms with E-state index in [-0.39, 0.29) is 34.3 Å². The molecule has 0 aliphatic heterocycles. The number of ether oxygens (including phenoxy) is 3. The zero-order valence-electron chi connectivity index (χ0n) is 19.1. The topological polar surface area (TPSA) is 66.8 Å². The lowest BCUT2D eigenvalue weighted by molar-refractivity contribution is -0.274. The van der Waals surface area contributed by atoms with Gasteiger partial charge in [-0.1, -0.05) is 29.3 Å². The summed E-state index contributed by atoms with van der Waals surface area (Å²) in [5.74, 6) is -0.235. The number of carbonyl (C=O) groups is 1. The minimum atomic E-state index is -4.83. The van der Waals surface area contributed by atoms with E-state index in [1.54, 1.807) is 6.92 Å². The van der Waals surface area contributed by atoms with Crippen LogP contribution in [0.15, 0.2) is 35.1 Å². The molecule has 2 aromatic rings. The van der Waals surface area contributed by atoms with Crippen molar-refractivity contribution in [2.24, 2.45) is 11.8 Å². The molecule has 1 aromatic carbocycles. The number of hydrogen-bond acceptors (Lipinski definition) is 5. The number of halogens is 5. The van der Waals surface area contributed by atoms with Gasteiger partial charge < -0.3 is 18.8 Å². The van der Waals surface area contributed by atoms with Crippen LogP contribution in [0.3, 0.4) is 0 Å². The average Bonchev–Trinajstić information content (AvgIpc) is 2.79. The first-order valence-electron chi connectivity index (χ1n) is 11.3. The van der Waals surface area contributed by atoms with Crippen LogP contribution in [0.2, 0.25) is 10.0 Å². The Morgan fingerprint density at radius 1 is 1.09 bits per heavy atom. The molecule has 6 nitrogen and oxygen atoms in total. The number of nitrogens with zero attached hydrogens (tertiary/aromatic N) is 1. The minimum absolute atomic E-state index is 0.0367. The molecule has 0 amide bonds. The summed E-state index contributed by atoms with van der Waals surface area (Å²) in [5, 5.41) is 0.175. The summed E-state index contributed by atoms with van der Waals surface area (Å²) in [5.41, 5.74) is -0.0625. The first kappa shape index (κ1) is 27.2. The van der Waals surface area contributed by atoms with Crippen molar-refractivity contribution >= 4 is 29.2 Å². The Morgan fingerprint density at radius 2 is 1.77 bits per heavy atom. The maximum Gasteiger partial charge on any atom is 0.573 e. The summed E-state index contributed by atoms with van der Waals surface area (Å²) in [6.45, 7) is 2.33. The van der Waals surface area contributed by atoms with Gasteiger partial charge in [-0.05, 0) is 63.1 Å². The molecule has 0 saturated heterocycles. The van der Waals surface area contributed by atoms with E-state index in [9.17, 15) is 22.8 Å². The molecule has 11 heteroatoms. The van der Waals surface area contributed by atoms with Gasteiger partial charge in [0.05, 0.1) is 23.2 Å². The lowest BCUT2D eigenvalue weighted by Gasteiger charge is -2.27. The van der Waals surface area contributed by atoms with Crippen molar-refractivity contribution in [1.29, 1.82) is 0 Å². The van der Waals surface area contributed by atoms with E-state index in [1.807, 2.05) is 0 Å². The molecule has 1 aliphatic carbocycles. The number of carbonyl (C=O) groups excluding carboxylic acids is 1. The van der Waals surface area contributed by atoms with Crippen LogP contribution in [-0.4, -0.2) is 23.5 Å². The predicted octanol–water partition coefficient (Wildman–Crippen LogP) is 6.39. The number of hydrogen-bond donors (Lipinski definition) is 0. The molecule has 0 unspecified atom stereocenters. The Hall–Kier alpha value is -2.39. The van der Waals surface area contributed by atoms with Gasteiger partial charge in [-0.3, -0.25) is 9.59 Å². The summed E-state index contributed by atoms with van der Waals surface area (Å²) in [6, 6.07) is 6.41. The molecular weight excluding hydrogens is 510 g/mol. The van der Waals surface area contributed by atoms with Crippen LogP contribution < -0.4 is 15.0 Å². The van der Waals surface area contributed by atoms with Crippen molar-refractivity contribution in [2.75, 3.05) is 6.61 Å². The molecule has 1 heterocycles. The summed E-state index contributed by atoms with van der Waals surface area (Å²) >= 11 is 12.4. The van der Waals surface area contributed by atoms with E-state index in [1.165, 1.54) is 22.8 Å². The fourth-order valence-corrected chi connectivity index (χ4v) is 4.72. The number of benzene rings is 1. The molecule has 1 saturated carbocycles. The van der Waals surface area contributed by atoms with Crippen molar-refractivity contribution in [1.82, 2.24) is 4.57 Å². The second kappa shape index (κ2) is 12.0. The van der Waals surface area contributed by atoms with Crippen LogP contribution in [0.4, 0.5) is 13.2 Å². The molecule has 192 valence electrons. The van der Waals surface area contributed by atoms with Gasteiger partial charge in [0.15, 0.2) is 0 Å². The number of alkyl halides is 3. The standard InChI is InChI=1S/C24H26Cl2F3NO5/c1-2-33-23(32)16-8-6-15(7-9-16)10-11-30-21(19(25)13-20(26)22(30)31)14-34-17-4-3-5-18(12-17)35-24(27,28)29/h3-5,12-13,15-16H,2,6-11,14H2,1H3. The first-order valence-corrected chi connectivity index (χ1v) is 12.1. The van der Waals surface area contributed by atoms with Crippen molar-refractivity contribution in [3.05, 3.63) is 56.4 Å². The SMILES string of the molecule is CCOC(=O)C1CCC(CCn2c(COc3cccc(OC(F)(F)F)c3)c(Cl)cc(Cl)c2=O)CC1. The van der Waals surface area contributed by atoms with Gasteiger partial charge in [-0.2, -0.15) is 0 Å². The van der Waals surface area contributed by atoms with Gasteiger partial charge in [0.2, 0.25) is 0 Å². The van der Waals surface area contributed by atoms with Crippen LogP contribution in [0.5, 0.6) is 11.5 Å². The van der Waals surface area contributed by atoms with Crippen LogP contribution >= 0.6 is 23.2 Å². The largest absolute Gasteiger partial charge is 0.573 e. The van der Waals surface area contributed by atoms with Crippen LogP contribution in [0.25, 0.3) is 0 Å². The number of esters is 1. The Bertz CT molecular complexity index is 1080.